The summed E-state index contributed by atoms with van der Waals surface area (Å²) in [5, 5.41) is 3.78. The lowest BCUT2D eigenvalue weighted by Gasteiger charge is -2.07. The SMILES string of the molecule is Cc1cccc(CNc2cnc(Cl)c(Br)c2)c1. The second kappa shape index (κ2) is 5.52. The van der Waals surface area contributed by atoms with Gasteiger partial charge in [0.15, 0.2) is 0 Å². The summed E-state index contributed by atoms with van der Waals surface area (Å²) in [4.78, 5) is 4.06. The van der Waals surface area contributed by atoms with E-state index in [-0.39, 0.29) is 0 Å². The molecule has 0 atom stereocenters. The van der Waals surface area contributed by atoms with Gasteiger partial charge in [-0.3, -0.25) is 0 Å². The minimum absolute atomic E-state index is 0.478. The zero-order chi connectivity index (χ0) is 12.3. The van der Waals surface area contributed by atoms with Gasteiger partial charge in [-0.15, -0.1) is 0 Å². The number of anilines is 1. The zero-order valence-electron chi connectivity index (χ0n) is 9.37. The molecule has 4 heteroatoms. The Bertz CT molecular complexity index is 529. The summed E-state index contributed by atoms with van der Waals surface area (Å²) < 4.78 is 0.799. The van der Waals surface area contributed by atoms with Crippen molar-refractivity contribution in [3.63, 3.8) is 0 Å². The van der Waals surface area contributed by atoms with Crippen LogP contribution in [0.25, 0.3) is 0 Å². The molecule has 1 aromatic heterocycles. The van der Waals surface area contributed by atoms with Crippen LogP contribution in [0.2, 0.25) is 5.15 Å². The Morgan fingerprint density at radius 1 is 1.35 bits per heavy atom. The van der Waals surface area contributed by atoms with E-state index in [0.29, 0.717) is 5.15 Å². The van der Waals surface area contributed by atoms with E-state index in [4.69, 9.17) is 11.6 Å². The number of aromatic nitrogens is 1. The molecule has 88 valence electrons. The Kier molecular flexibility index (Phi) is 4.02. The van der Waals surface area contributed by atoms with Gasteiger partial charge in [0.1, 0.15) is 5.15 Å². The highest BCUT2D eigenvalue weighted by atomic mass is 79.9. The van der Waals surface area contributed by atoms with Gasteiger partial charge >= 0.3 is 0 Å². The Hall–Kier alpha value is -1.06. The highest BCUT2D eigenvalue weighted by Gasteiger charge is 2.00. The molecular formula is C13H12BrClN2. The lowest BCUT2D eigenvalue weighted by atomic mass is 10.1. The number of benzene rings is 1. The molecular weight excluding hydrogens is 300 g/mol. The molecule has 1 aromatic carbocycles. The van der Waals surface area contributed by atoms with Crippen LogP contribution >= 0.6 is 27.5 Å². The molecule has 1 heterocycles. The predicted octanol–water partition coefficient (Wildman–Crippen LogP) is 4.42. The molecule has 0 bridgehead atoms. The average Bonchev–Trinajstić information content (AvgIpc) is 2.31. The summed E-state index contributed by atoms with van der Waals surface area (Å²) in [6.45, 7) is 2.86. The third-order valence-corrected chi connectivity index (χ3v) is 3.51. The van der Waals surface area contributed by atoms with E-state index >= 15 is 0 Å². The lowest BCUT2D eigenvalue weighted by Crippen LogP contribution is -2.00. The minimum Gasteiger partial charge on any atom is -0.380 e. The number of hydrogen-bond donors (Lipinski definition) is 1. The first-order valence-corrected chi connectivity index (χ1v) is 6.43. The number of rotatable bonds is 3. The topological polar surface area (TPSA) is 24.9 Å². The first kappa shape index (κ1) is 12.4. The summed E-state index contributed by atoms with van der Waals surface area (Å²) >= 11 is 9.18. The first-order valence-electron chi connectivity index (χ1n) is 5.25. The average molecular weight is 312 g/mol. The molecule has 0 aliphatic heterocycles. The molecule has 0 fully saturated rings. The third kappa shape index (κ3) is 3.45. The quantitative estimate of drug-likeness (QED) is 0.849. The summed E-state index contributed by atoms with van der Waals surface area (Å²) in [5.41, 5.74) is 3.46. The van der Waals surface area contributed by atoms with Gasteiger partial charge in [-0.2, -0.15) is 0 Å². The predicted molar refractivity (Wildman–Crippen MR) is 75.5 cm³/mol. The Balaban J connectivity index is 2.05. The van der Waals surface area contributed by atoms with E-state index < -0.39 is 0 Å². The van der Waals surface area contributed by atoms with Crippen LogP contribution < -0.4 is 5.32 Å². The van der Waals surface area contributed by atoms with Crippen molar-refractivity contribution in [3.8, 4) is 0 Å². The van der Waals surface area contributed by atoms with E-state index in [1.54, 1.807) is 6.20 Å². The zero-order valence-corrected chi connectivity index (χ0v) is 11.7. The smallest absolute Gasteiger partial charge is 0.143 e. The highest BCUT2D eigenvalue weighted by molar-refractivity contribution is 9.10. The monoisotopic (exact) mass is 310 g/mol. The molecule has 0 saturated heterocycles. The van der Waals surface area contributed by atoms with Gasteiger partial charge in [-0.1, -0.05) is 41.4 Å². The number of hydrogen-bond acceptors (Lipinski definition) is 2. The molecule has 17 heavy (non-hydrogen) atoms. The summed E-state index contributed by atoms with van der Waals surface area (Å²) in [5.74, 6) is 0. The van der Waals surface area contributed by atoms with E-state index in [9.17, 15) is 0 Å². The van der Waals surface area contributed by atoms with Crippen LogP contribution in [-0.4, -0.2) is 4.98 Å². The van der Waals surface area contributed by atoms with Crippen LogP contribution in [0.3, 0.4) is 0 Å². The van der Waals surface area contributed by atoms with Gasteiger partial charge in [-0.25, -0.2) is 4.98 Å². The van der Waals surface area contributed by atoms with Crippen LogP contribution in [0.5, 0.6) is 0 Å². The Morgan fingerprint density at radius 2 is 2.18 bits per heavy atom. The van der Waals surface area contributed by atoms with Crippen molar-refractivity contribution in [2.75, 3.05) is 5.32 Å². The largest absolute Gasteiger partial charge is 0.380 e. The van der Waals surface area contributed by atoms with Crippen molar-refractivity contribution in [1.29, 1.82) is 0 Å². The van der Waals surface area contributed by atoms with E-state index in [1.165, 1.54) is 11.1 Å². The molecule has 2 rings (SSSR count). The minimum atomic E-state index is 0.478. The summed E-state index contributed by atoms with van der Waals surface area (Å²) in [6, 6.07) is 10.3. The molecule has 0 radical (unpaired) electrons. The van der Waals surface area contributed by atoms with E-state index in [2.05, 4.69) is 57.4 Å². The van der Waals surface area contributed by atoms with Gasteiger partial charge in [0.05, 0.1) is 16.4 Å². The molecule has 0 aliphatic carbocycles. The molecule has 0 amide bonds. The maximum Gasteiger partial charge on any atom is 0.143 e. The van der Waals surface area contributed by atoms with Crippen molar-refractivity contribution in [3.05, 3.63) is 57.3 Å². The first-order chi connectivity index (χ1) is 8.15. The molecule has 2 aromatic rings. The number of nitrogens with one attached hydrogen (secondary N) is 1. The van der Waals surface area contributed by atoms with Gasteiger partial charge < -0.3 is 5.32 Å². The van der Waals surface area contributed by atoms with Gasteiger partial charge in [-0.05, 0) is 34.5 Å². The summed E-state index contributed by atoms with van der Waals surface area (Å²) in [6.07, 6.45) is 1.73. The van der Waals surface area contributed by atoms with Crippen molar-refractivity contribution >= 4 is 33.2 Å². The third-order valence-electron chi connectivity index (χ3n) is 2.38. The van der Waals surface area contributed by atoms with Crippen LogP contribution in [-0.2, 0) is 6.54 Å². The second-order valence-electron chi connectivity index (χ2n) is 3.84. The number of nitrogens with zero attached hydrogens (tertiary/aromatic N) is 1. The van der Waals surface area contributed by atoms with E-state index in [0.717, 1.165) is 16.7 Å². The van der Waals surface area contributed by atoms with Crippen LogP contribution in [0.15, 0.2) is 41.0 Å². The molecule has 0 unspecified atom stereocenters. The fraction of sp³-hybridized carbons (Fsp3) is 0.154. The van der Waals surface area contributed by atoms with E-state index in [1.807, 2.05) is 6.07 Å². The highest BCUT2D eigenvalue weighted by Crippen LogP contribution is 2.23. The second-order valence-corrected chi connectivity index (χ2v) is 5.05. The molecule has 2 nitrogen and oxygen atoms in total. The number of halogens is 2. The molecule has 0 spiro atoms. The van der Waals surface area contributed by atoms with Crippen molar-refractivity contribution in [2.45, 2.75) is 13.5 Å². The van der Waals surface area contributed by atoms with Crippen LogP contribution in [0.4, 0.5) is 5.69 Å². The van der Waals surface area contributed by atoms with Crippen LogP contribution in [0, 0.1) is 6.92 Å². The maximum atomic E-state index is 5.83. The fourth-order valence-electron chi connectivity index (χ4n) is 1.54. The number of pyridine rings is 1. The van der Waals surface area contributed by atoms with Crippen LogP contribution in [0.1, 0.15) is 11.1 Å². The Morgan fingerprint density at radius 3 is 2.88 bits per heavy atom. The standard InChI is InChI=1S/C13H12BrClN2/c1-9-3-2-4-10(5-9)7-16-11-6-12(14)13(15)17-8-11/h2-6,8,16H,7H2,1H3. The Labute approximate surface area is 114 Å². The van der Waals surface area contributed by atoms with Gasteiger partial charge in [0.25, 0.3) is 0 Å². The van der Waals surface area contributed by atoms with Crippen molar-refractivity contribution in [1.82, 2.24) is 4.98 Å². The maximum absolute atomic E-state index is 5.83. The normalized spacial score (nSPS) is 10.3. The van der Waals surface area contributed by atoms with Gasteiger partial charge in [0, 0.05) is 6.54 Å². The molecule has 0 saturated carbocycles. The lowest BCUT2D eigenvalue weighted by molar-refractivity contribution is 1.13. The summed E-state index contributed by atoms with van der Waals surface area (Å²) in [7, 11) is 0. The fourth-order valence-corrected chi connectivity index (χ4v) is 2.00. The molecule has 1 N–H and O–H groups in total. The van der Waals surface area contributed by atoms with Crippen molar-refractivity contribution in [2.24, 2.45) is 0 Å². The molecule has 0 aliphatic rings. The van der Waals surface area contributed by atoms with Crippen molar-refractivity contribution < 1.29 is 0 Å². The number of aryl methyl sites for hydroxylation is 1. The van der Waals surface area contributed by atoms with Gasteiger partial charge in [0.2, 0.25) is 0 Å².